The van der Waals surface area contributed by atoms with Crippen LogP contribution in [-0.2, 0) is 59.4 Å². The number of benzene rings is 3. The number of H-pyrrole nitrogens is 1. The summed E-state index contributed by atoms with van der Waals surface area (Å²) in [6.07, 6.45) is 0.999. The van der Waals surface area contributed by atoms with Crippen molar-refractivity contribution in [1.82, 2.24) is 36.5 Å². The van der Waals surface area contributed by atoms with E-state index >= 15 is 0 Å². The minimum atomic E-state index is -1.30. The van der Waals surface area contributed by atoms with Crippen molar-refractivity contribution in [2.45, 2.75) is 109 Å². The molecule has 0 radical (unpaired) electrons. The van der Waals surface area contributed by atoms with E-state index in [0.717, 1.165) is 16.5 Å². The van der Waals surface area contributed by atoms with Gasteiger partial charge in [0.25, 0.3) is 0 Å². The lowest BCUT2D eigenvalue weighted by molar-refractivity contribution is -0.143. The zero-order valence-electron chi connectivity index (χ0n) is 39.4. The molecule has 370 valence electrons. The summed E-state index contributed by atoms with van der Waals surface area (Å²) < 4.78 is 0. The normalized spacial score (nSPS) is 16.1. The predicted octanol–water partition coefficient (Wildman–Crippen LogP) is 0.835. The molecule has 14 N–H and O–H groups in total. The number of hydrogen-bond acceptors (Lipinski definition) is 10. The number of para-hydroxylation sites is 1. The highest BCUT2D eigenvalue weighted by Crippen LogP contribution is 2.28. The van der Waals surface area contributed by atoms with Gasteiger partial charge in [0.15, 0.2) is 5.96 Å². The molecule has 20 nitrogen and oxygen atoms in total. The maximum Gasteiger partial charge on any atom is 0.326 e. The van der Waals surface area contributed by atoms with Gasteiger partial charge in [-0.1, -0.05) is 94.8 Å². The summed E-state index contributed by atoms with van der Waals surface area (Å²) in [5, 5.41) is 34.5. The van der Waals surface area contributed by atoms with Crippen LogP contribution in [0.15, 0.2) is 83.9 Å². The minimum Gasteiger partial charge on any atom is -0.508 e. The number of hydrogen-bond donors (Lipinski definition) is 11. The van der Waals surface area contributed by atoms with E-state index in [2.05, 4.69) is 36.6 Å². The third kappa shape index (κ3) is 14.8. The number of aliphatic carboxylic acids is 1. The number of nitrogens with zero attached hydrogens (tertiary/aromatic N) is 2. The standard InChI is InChI=1S/C49H65N11O9/c1-5-28(4)42(59-44(64)36(22-30-17-19-31(61)20-18-30)56-45(65)41(27(2)3)58-43(63)34(50)15-11-21-53-49(51)52)46(66)57-37-24-33-32-14-9-10-16-35(32)54-39(33)25-60(47(37)67)26-40(62)55-38(48(68)69)23-29-12-7-6-8-13-29/h6-10,12-14,16-20,27-28,34,36-38,41-42,54,61H,5,11,15,21-26,50H2,1-4H3,(H,55,62)(H,56,65)(H,57,66)(H,58,63)(H,59,64)(H,68,69)(H4,51,52,53)/t28-,34-,36-,37-,38-,41-,42-/m0/s1. The van der Waals surface area contributed by atoms with Crippen LogP contribution in [0.1, 0.15) is 69.3 Å². The van der Waals surface area contributed by atoms with E-state index in [1.54, 1.807) is 63.2 Å². The molecule has 0 fully saturated rings. The number of aliphatic imine (C=N–C) groups is 1. The zero-order valence-corrected chi connectivity index (χ0v) is 39.4. The molecule has 20 heteroatoms. The number of carboxylic acid groups (broad SMARTS) is 1. The summed E-state index contributed by atoms with van der Waals surface area (Å²) in [6, 6.07) is 15.1. The van der Waals surface area contributed by atoms with Crippen molar-refractivity contribution in [1.29, 1.82) is 0 Å². The molecule has 0 spiro atoms. The Morgan fingerprint density at radius 1 is 0.797 bits per heavy atom. The fourth-order valence-corrected chi connectivity index (χ4v) is 8.12. The highest BCUT2D eigenvalue weighted by Gasteiger charge is 2.38. The summed E-state index contributed by atoms with van der Waals surface area (Å²) in [4.78, 5) is 105. The molecular weight excluding hydrogens is 887 g/mol. The van der Waals surface area contributed by atoms with Gasteiger partial charge in [-0.25, -0.2) is 4.79 Å². The number of aromatic hydroxyl groups is 1. The third-order valence-electron chi connectivity index (χ3n) is 12.2. The van der Waals surface area contributed by atoms with E-state index in [-0.39, 0.29) is 50.5 Å². The van der Waals surface area contributed by atoms with Gasteiger partial charge in [-0.2, -0.15) is 0 Å². The molecule has 2 heterocycles. The molecule has 1 aromatic heterocycles. The monoisotopic (exact) mass is 951 g/mol. The molecule has 0 bridgehead atoms. The zero-order chi connectivity index (χ0) is 50.4. The molecule has 0 unspecified atom stereocenters. The fraction of sp³-hybridized carbons (Fsp3) is 0.429. The molecule has 0 saturated heterocycles. The van der Waals surface area contributed by atoms with E-state index in [9.17, 15) is 43.8 Å². The maximum absolute atomic E-state index is 14.5. The Labute approximate surface area is 400 Å². The van der Waals surface area contributed by atoms with Crippen molar-refractivity contribution in [3.8, 4) is 5.75 Å². The van der Waals surface area contributed by atoms with Gasteiger partial charge in [0, 0.05) is 42.4 Å². The molecular formula is C49H65N11O9. The minimum absolute atomic E-state index is 0.0101. The molecule has 0 saturated carbocycles. The molecule has 5 rings (SSSR count). The van der Waals surface area contributed by atoms with Crippen molar-refractivity contribution in [3.05, 3.63) is 101 Å². The number of nitrogens with two attached hydrogens (primary N) is 3. The number of fused-ring (bicyclic) bond motifs is 3. The first-order chi connectivity index (χ1) is 32.8. The lowest BCUT2D eigenvalue weighted by Gasteiger charge is -2.30. The molecule has 1 aliphatic rings. The summed E-state index contributed by atoms with van der Waals surface area (Å²) in [5.74, 6) is -6.36. The Kier molecular flexibility index (Phi) is 18.6. The Balaban J connectivity index is 1.37. The first-order valence-corrected chi connectivity index (χ1v) is 23.1. The average molecular weight is 952 g/mol. The van der Waals surface area contributed by atoms with Gasteiger partial charge < -0.3 is 63.9 Å². The number of carboxylic acids is 1. The number of phenolic OH excluding ortho intramolecular Hbond substituents is 1. The van der Waals surface area contributed by atoms with Crippen molar-refractivity contribution < 1.29 is 43.8 Å². The number of rotatable bonds is 23. The quantitative estimate of drug-likeness (QED) is 0.0280. The maximum atomic E-state index is 14.5. The number of guanidine groups is 1. The average Bonchev–Trinajstić information content (AvgIpc) is 3.60. The summed E-state index contributed by atoms with van der Waals surface area (Å²) in [7, 11) is 0. The summed E-state index contributed by atoms with van der Waals surface area (Å²) in [6.45, 7) is 6.69. The number of phenols is 1. The summed E-state index contributed by atoms with van der Waals surface area (Å²) in [5.41, 5.74) is 20.3. The van der Waals surface area contributed by atoms with Crippen LogP contribution in [0.5, 0.6) is 5.75 Å². The van der Waals surface area contributed by atoms with Crippen LogP contribution in [0, 0.1) is 11.8 Å². The lowest BCUT2D eigenvalue weighted by atomic mass is 9.95. The van der Waals surface area contributed by atoms with Crippen LogP contribution in [0.25, 0.3) is 10.9 Å². The number of carbonyl (C=O) groups is 7. The second-order valence-electron chi connectivity index (χ2n) is 17.8. The van der Waals surface area contributed by atoms with Gasteiger partial charge in [0.2, 0.25) is 35.4 Å². The number of amides is 6. The van der Waals surface area contributed by atoms with Crippen LogP contribution in [0.4, 0.5) is 0 Å². The topological polar surface area (TPSA) is 330 Å². The van der Waals surface area contributed by atoms with Gasteiger partial charge in [-0.15, -0.1) is 0 Å². The van der Waals surface area contributed by atoms with E-state index in [1.165, 1.54) is 17.0 Å². The molecule has 4 aromatic rings. The number of carbonyl (C=O) groups excluding carboxylic acids is 6. The molecule has 0 aliphatic carbocycles. The first-order valence-electron chi connectivity index (χ1n) is 23.1. The van der Waals surface area contributed by atoms with Crippen LogP contribution < -0.4 is 43.8 Å². The van der Waals surface area contributed by atoms with E-state index in [0.29, 0.717) is 29.7 Å². The fourth-order valence-electron chi connectivity index (χ4n) is 8.12. The van der Waals surface area contributed by atoms with Gasteiger partial charge in [-0.3, -0.25) is 33.8 Å². The summed E-state index contributed by atoms with van der Waals surface area (Å²) >= 11 is 0. The number of aromatic amines is 1. The lowest BCUT2D eigenvalue weighted by Crippen LogP contribution is -2.61. The molecule has 7 atom stereocenters. The smallest absolute Gasteiger partial charge is 0.326 e. The Morgan fingerprint density at radius 3 is 2.09 bits per heavy atom. The SMILES string of the molecule is CC[C@H](C)[C@H](NC(=O)[C@H](Cc1ccc(O)cc1)NC(=O)[C@@H](NC(=O)[C@@H](N)CCCN=C(N)N)C(C)C)C(=O)N[C@H]1Cc2c([nH]c3ccccc23)CN(CC(=O)N[C@@H](Cc2ccccc2)C(=O)O)C1=O. The van der Waals surface area contributed by atoms with E-state index < -0.39 is 96.0 Å². The van der Waals surface area contributed by atoms with Crippen molar-refractivity contribution in [3.63, 3.8) is 0 Å². The highest BCUT2D eigenvalue weighted by atomic mass is 16.4. The largest absolute Gasteiger partial charge is 0.508 e. The first kappa shape index (κ1) is 52.5. The van der Waals surface area contributed by atoms with E-state index in [1.807, 2.05) is 31.2 Å². The number of aromatic nitrogens is 1. The van der Waals surface area contributed by atoms with Crippen molar-refractivity contribution >= 4 is 58.3 Å². The number of nitrogens with one attached hydrogen (secondary N) is 6. The van der Waals surface area contributed by atoms with Crippen LogP contribution >= 0.6 is 0 Å². The van der Waals surface area contributed by atoms with Crippen molar-refractivity contribution in [2.24, 2.45) is 34.0 Å². The molecule has 69 heavy (non-hydrogen) atoms. The molecule has 1 aliphatic heterocycles. The Hall–Kier alpha value is -7.48. The Bertz CT molecular complexity index is 2470. The van der Waals surface area contributed by atoms with Crippen LogP contribution in [-0.4, -0.2) is 117 Å². The third-order valence-corrected chi connectivity index (χ3v) is 12.2. The molecule has 3 aromatic carbocycles. The van der Waals surface area contributed by atoms with Crippen LogP contribution in [0.3, 0.4) is 0 Å². The molecule has 6 amide bonds. The highest BCUT2D eigenvalue weighted by molar-refractivity contribution is 5.98. The van der Waals surface area contributed by atoms with Gasteiger partial charge >= 0.3 is 5.97 Å². The van der Waals surface area contributed by atoms with Gasteiger partial charge in [-0.05, 0) is 59.6 Å². The van der Waals surface area contributed by atoms with Crippen LogP contribution in [0.2, 0.25) is 0 Å². The second-order valence-corrected chi connectivity index (χ2v) is 17.8. The van der Waals surface area contributed by atoms with E-state index in [4.69, 9.17) is 17.2 Å². The predicted molar refractivity (Wildman–Crippen MR) is 259 cm³/mol. The Morgan fingerprint density at radius 2 is 1.43 bits per heavy atom. The van der Waals surface area contributed by atoms with Gasteiger partial charge in [0.05, 0.1) is 12.6 Å². The van der Waals surface area contributed by atoms with Crippen molar-refractivity contribution in [2.75, 3.05) is 13.1 Å². The van der Waals surface area contributed by atoms with Gasteiger partial charge in [0.1, 0.15) is 42.5 Å². The second kappa shape index (κ2) is 24.5.